The molecule has 2 aromatic rings. The summed E-state index contributed by atoms with van der Waals surface area (Å²) in [5, 5.41) is 0. The van der Waals surface area contributed by atoms with E-state index in [-0.39, 0.29) is 5.97 Å². The van der Waals surface area contributed by atoms with E-state index in [9.17, 15) is 4.79 Å². The highest BCUT2D eigenvalue weighted by Gasteiger charge is 2.04. The predicted octanol–water partition coefficient (Wildman–Crippen LogP) is 2.84. The van der Waals surface area contributed by atoms with Gasteiger partial charge in [-0.3, -0.25) is 0 Å². The first kappa shape index (κ1) is 13.1. The van der Waals surface area contributed by atoms with Gasteiger partial charge >= 0.3 is 5.97 Å². The van der Waals surface area contributed by atoms with Crippen molar-refractivity contribution in [3.63, 3.8) is 0 Å². The number of hydrogen-bond acceptors (Lipinski definition) is 3. The zero-order valence-corrected chi connectivity index (χ0v) is 11.0. The van der Waals surface area contributed by atoms with Gasteiger partial charge in [0.15, 0.2) is 0 Å². The van der Waals surface area contributed by atoms with Gasteiger partial charge in [-0.15, -0.1) is 0 Å². The lowest BCUT2D eigenvalue weighted by molar-refractivity contribution is -0.138. The summed E-state index contributed by atoms with van der Waals surface area (Å²) in [6, 6.07) is 7.87. The fourth-order valence-electron chi connectivity index (χ4n) is 1.71. The number of carbonyl (C=O) groups excluding carboxylic acids is 1. The second-order valence-corrected chi connectivity index (χ2v) is 4.11. The SMILES string of the molecule is CCOC(=O)/C(C)=C/c1ccc(-n2ccnc2)cc1. The minimum atomic E-state index is -0.277. The Kier molecular flexibility index (Phi) is 4.13. The summed E-state index contributed by atoms with van der Waals surface area (Å²) < 4.78 is 6.86. The van der Waals surface area contributed by atoms with Crippen molar-refractivity contribution >= 4 is 12.0 Å². The first-order chi connectivity index (χ1) is 9.20. The number of nitrogens with zero attached hydrogens (tertiary/aromatic N) is 2. The van der Waals surface area contributed by atoms with Gasteiger partial charge in [0, 0.05) is 23.7 Å². The number of imidazole rings is 1. The van der Waals surface area contributed by atoms with E-state index in [0.717, 1.165) is 11.3 Å². The molecule has 0 saturated heterocycles. The molecule has 0 spiro atoms. The monoisotopic (exact) mass is 256 g/mol. The van der Waals surface area contributed by atoms with Crippen molar-refractivity contribution in [2.75, 3.05) is 6.61 Å². The predicted molar refractivity (Wildman–Crippen MR) is 73.8 cm³/mol. The Morgan fingerprint density at radius 2 is 2.11 bits per heavy atom. The lowest BCUT2D eigenvalue weighted by atomic mass is 10.1. The van der Waals surface area contributed by atoms with Crippen LogP contribution >= 0.6 is 0 Å². The van der Waals surface area contributed by atoms with Crippen molar-refractivity contribution < 1.29 is 9.53 Å². The molecule has 4 heteroatoms. The zero-order chi connectivity index (χ0) is 13.7. The number of benzene rings is 1. The molecule has 0 aliphatic heterocycles. The molecular formula is C15H16N2O2. The molecule has 0 N–H and O–H groups in total. The Morgan fingerprint density at radius 1 is 1.37 bits per heavy atom. The smallest absolute Gasteiger partial charge is 0.333 e. The third kappa shape index (κ3) is 3.31. The molecule has 2 rings (SSSR count). The molecule has 0 amide bonds. The van der Waals surface area contributed by atoms with E-state index in [1.165, 1.54) is 0 Å². The lowest BCUT2D eigenvalue weighted by Gasteiger charge is -2.04. The summed E-state index contributed by atoms with van der Waals surface area (Å²) in [5.74, 6) is -0.277. The molecular weight excluding hydrogens is 240 g/mol. The average Bonchev–Trinajstić information content (AvgIpc) is 2.94. The van der Waals surface area contributed by atoms with Crippen LogP contribution in [0.2, 0.25) is 0 Å². The van der Waals surface area contributed by atoms with Crippen molar-refractivity contribution in [1.29, 1.82) is 0 Å². The second kappa shape index (κ2) is 6.00. The molecule has 0 aliphatic rings. The highest BCUT2D eigenvalue weighted by atomic mass is 16.5. The molecule has 19 heavy (non-hydrogen) atoms. The molecule has 0 saturated carbocycles. The highest BCUT2D eigenvalue weighted by molar-refractivity contribution is 5.92. The van der Waals surface area contributed by atoms with Gasteiger partial charge in [0.2, 0.25) is 0 Å². The van der Waals surface area contributed by atoms with E-state index < -0.39 is 0 Å². The van der Waals surface area contributed by atoms with Gasteiger partial charge in [-0.25, -0.2) is 9.78 Å². The zero-order valence-electron chi connectivity index (χ0n) is 11.0. The van der Waals surface area contributed by atoms with E-state index in [1.54, 1.807) is 26.4 Å². The summed E-state index contributed by atoms with van der Waals surface area (Å²) in [5.41, 5.74) is 2.59. The quantitative estimate of drug-likeness (QED) is 0.624. The van der Waals surface area contributed by atoms with Crippen LogP contribution in [0.1, 0.15) is 19.4 Å². The molecule has 1 aromatic carbocycles. The maximum atomic E-state index is 11.5. The lowest BCUT2D eigenvalue weighted by Crippen LogP contribution is -2.04. The molecule has 0 fully saturated rings. The molecule has 1 aromatic heterocycles. The topological polar surface area (TPSA) is 44.1 Å². The van der Waals surface area contributed by atoms with E-state index in [2.05, 4.69) is 4.98 Å². The summed E-state index contributed by atoms with van der Waals surface area (Å²) >= 11 is 0. The summed E-state index contributed by atoms with van der Waals surface area (Å²) in [7, 11) is 0. The fraction of sp³-hybridized carbons (Fsp3) is 0.200. The first-order valence-corrected chi connectivity index (χ1v) is 6.14. The minimum Gasteiger partial charge on any atom is -0.463 e. The summed E-state index contributed by atoms with van der Waals surface area (Å²) in [6.07, 6.45) is 7.18. The van der Waals surface area contributed by atoms with Crippen molar-refractivity contribution in [2.45, 2.75) is 13.8 Å². The van der Waals surface area contributed by atoms with Crippen molar-refractivity contribution in [1.82, 2.24) is 9.55 Å². The highest BCUT2D eigenvalue weighted by Crippen LogP contribution is 2.12. The maximum Gasteiger partial charge on any atom is 0.333 e. The van der Waals surface area contributed by atoms with Gasteiger partial charge in [0.25, 0.3) is 0 Å². The van der Waals surface area contributed by atoms with Gasteiger partial charge in [0.05, 0.1) is 12.9 Å². The van der Waals surface area contributed by atoms with Gasteiger partial charge < -0.3 is 9.30 Å². The Labute approximate surface area is 112 Å². The third-order valence-corrected chi connectivity index (χ3v) is 2.68. The van der Waals surface area contributed by atoms with Crippen LogP contribution in [0.15, 0.2) is 48.6 Å². The van der Waals surface area contributed by atoms with Gasteiger partial charge in [-0.05, 0) is 37.6 Å². The Bertz CT molecular complexity index is 569. The summed E-state index contributed by atoms with van der Waals surface area (Å²) in [6.45, 7) is 3.94. The molecule has 0 atom stereocenters. The molecule has 0 unspecified atom stereocenters. The molecule has 0 radical (unpaired) electrons. The van der Waals surface area contributed by atoms with Crippen LogP contribution in [0.3, 0.4) is 0 Å². The van der Waals surface area contributed by atoms with Crippen molar-refractivity contribution in [2.24, 2.45) is 0 Å². The standard InChI is InChI=1S/C15H16N2O2/c1-3-19-15(18)12(2)10-13-4-6-14(7-5-13)17-9-8-16-11-17/h4-11H,3H2,1-2H3/b12-10+. The molecule has 98 valence electrons. The largest absolute Gasteiger partial charge is 0.463 e. The number of carbonyl (C=O) groups is 1. The van der Waals surface area contributed by atoms with Gasteiger partial charge in [0.1, 0.15) is 0 Å². The van der Waals surface area contributed by atoms with Crippen LogP contribution in [-0.2, 0) is 9.53 Å². The fourth-order valence-corrected chi connectivity index (χ4v) is 1.71. The van der Waals surface area contributed by atoms with E-state index in [1.807, 2.05) is 41.1 Å². The van der Waals surface area contributed by atoms with E-state index in [0.29, 0.717) is 12.2 Å². The van der Waals surface area contributed by atoms with Crippen LogP contribution in [0.5, 0.6) is 0 Å². The second-order valence-electron chi connectivity index (χ2n) is 4.11. The maximum absolute atomic E-state index is 11.5. The van der Waals surface area contributed by atoms with Crippen LogP contribution in [0, 0.1) is 0 Å². The Morgan fingerprint density at radius 3 is 2.68 bits per heavy atom. The Balaban J connectivity index is 2.15. The number of rotatable bonds is 4. The van der Waals surface area contributed by atoms with Crippen molar-refractivity contribution in [3.8, 4) is 5.69 Å². The van der Waals surface area contributed by atoms with E-state index in [4.69, 9.17) is 4.74 Å². The molecule has 0 bridgehead atoms. The number of hydrogen-bond donors (Lipinski definition) is 0. The van der Waals surface area contributed by atoms with Crippen LogP contribution in [0.25, 0.3) is 11.8 Å². The minimum absolute atomic E-state index is 0.277. The van der Waals surface area contributed by atoms with Crippen LogP contribution in [0.4, 0.5) is 0 Å². The number of esters is 1. The number of aromatic nitrogens is 2. The Hall–Kier alpha value is -2.36. The summed E-state index contributed by atoms with van der Waals surface area (Å²) in [4.78, 5) is 15.5. The number of ether oxygens (including phenoxy) is 1. The normalized spacial score (nSPS) is 11.4. The molecule has 4 nitrogen and oxygen atoms in total. The molecule has 1 heterocycles. The third-order valence-electron chi connectivity index (χ3n) is 2.68. The van der Waals surface area contributed by atoms with Crippen LogP contribution < -0.4 is 0 Å². The van der Waals surface area contributed by atoms with E-state index >= 15 is 0 Å². The van der Waals surface area contributed by atoms with Crippen molar-refractivity contribution in [3.05, 3.63) is 54.1 Å². The van der Waals surface area contributed by atoms with Gasteiger partial charge in [-0.1, -0.05) is 12.1 Å². The van der Waals surface area contributed by atoms with Crippen LogP contribution in [-0.4, -0.2) is 22.1 Å². The first-order valence-electron chi connectivity index (χ1n) is 6.14. The van der Waals surface area contributed by atoms with Gasteiger partial charge in [-0.2, -0.15) is 0 Å². The molecule has 0 aliphatic carbocycles. The average molecular weight is 256 g/mol.